The van der Waals surface area contributed by atoms with Crippen LogP contribution in [0.4, 0.5) is 0 Å². The summed E-state index contributed by atoms with van der Waals surface area (Å²) in [5, 5.41) is 8.62. The summed E-state index contributed by atoms with van der Waals surface area (Å²) in [6.07, 6.45) is 0.791. The van der Waals surface area contributed by atoms with E-state index in [4.69, 9.17) is 10.8 Å². The van der Waals surface area contributed by atoms with Crippen molar-refractivity contribution in [2.75, 3.05) is 0 Å². The Morgan fingerprint density at radius 1 is 1.80 bits per heavy atom. The number of carboxylic acids is 1. The fourth-order valence-corrected chi connectivity index (χ4v) is 0.635. The molecule has 0 aromatic carbocycles. The summed E-state index contributed by atoms with van der Waals surface area (Å²) in [6, 6.07) is 0. The Labute approximate surface area is 61.2 Å². The van der Waals surface area contributed by atoms with Crippen molar-refractivity contribution in [3.63, 3.8) is 0 Å². The Hall–Kier alpha value is -0.570. The molecule has 0 spiro atoms. The first-order valence-corrected chi connectivity index (χ1v) is 3.45. The van der Waals surface area contributed by atoms with Crippen LogP contribution in [-0.2, 0) is 4.79 Å². The molecule has 3 heteroatoms. The van der Waals surface area contributed by atoms with Gasteiger partial charge in [0.15, 0.2) is 0 Å². The molecule has 0 aromatic rings. The van der Waals surface area contributed by atoms with Crippen LogP contribution < -0.4 is 5.73 Å². The predicted octanol–water partition coefficient (Wildman–Crippen LogP) is 0.834. The molecule has 0 saturated carbocycles. The summed E-state index contributed by atoms with van der Waals surface area (Å²) >= 11 is 0. The maximum atomic E-state index is 10.5. The second kappa shape index (κ2) is 3.01. The lowest BCUT2D eigenvalue weighted by molar-refractivity contribution is -0.144. The molecule has 0 amide bonds. The Kier molecular flexibility index (Phi) is 2.84. The van der Waals surface area contributed by atoms with E-state index in [2.05, 4.69) is 0 Å². The molecular weight excluding hydrogens is 130 g/mol. The number of carboxylic acid groups (broad SMARTS) is 1. The van der Waals surface area contributed by atoms with E-state index < -0.39 is 11.5 Å². The van der Waals surface area contributed by atoms with E-state index in [1.54, 1.807) is 6.92 Å². The van der Waals surface area contributed by atoms with Crippen molar-refractivity contribution in [1.82, 2.24) is 0 Å². The molecule has 0 aliphatic carbocycles. The normalized spacial score (nSPS) is 19.6. The fraction of sp³-hybridized carbons (Fsp3) is 0.857. The molecule has 0 rings (SSSR count). The Bertz CT molecular complexity index is 132. The molecule has 0 heterocycles. The van der Waals surface area contributed by atoms with Gasteiger partial charge < -0.3 is 10.8 Å². The third kappa shape index (κ3) is 1.70. The van der Waals surface area contributed by atoms with Gasteiger partial charge in [-0.2, -0.15) is 0 Å². The van der Waals surface area contributed by atoms with E-state index in [0.717, 1.165) is 6.42 Å². The van der Waals surface area contributed by atoms with Gasteiger partial charge in [0.1, 0.15) is 5.54 Å². The Morgan fingerprint density at radius 3 is 2.30 bits per heavy atom. The zero-order valence-electron chi connectivity index (χ0n) is 6.72. The van der Waals surface area contributed by atoms with Crippen LogP contribution in [0, 0.1) is 5.92 Å². The number of nitrogens with two attached hydrogens (primary N) is 1. The number of carbonyl (C=O) groups is 1. The van der Waals surface area contributed by atoms with Gasteiger partial charge in [-0.05, 0) is 12.8 Å². The number of rotatable bonds is 3. The smallest absolute Gasteiger partial charge is 0.323 e. The highest BCUT2D eigenvalue weighted by Gasteiger charge is 2.33. The Morgan fingerprint density at radius 2 is 2.20 bits per heavy atom. The summed E-state index contributed by atoms with van der Waals surface area (Å²) < 4.78 is 0. The van der Waals surface area contributed by atoms with Crippen molar-refractivity contribution in [3.05, 3.63) is 0 Å². The van der Waals surface area contributed by atoms with E-state index in [1.165, 1.54) is 0 Å². The number of hydrogen-bond donors (Lipinski definition) is 2. The lowest BCUT2D eigenvalue weighted by atomic mass is 9.86. The maximum Gasteiger partial charge on any atom is 0.323 e. The van der Waals surface area contributed by atoms with Crippen LogP contribution in [-0.4, -0.2) is 16.6 Å². The molecule has 3 N–H and O–H groups in total. The minimum atomic E-state index is -1.07. The second-order valence-corrected chi connectivity index (χ2v) is 2.90. The zero-order chi connectivity index (χ0) is 8.36. The van der Waals surface area contributed by atoms with Gasteiger partial charge in [0, 0.05) is 0 Å². The molecule has 0 aromatic heterocycles. The zero-order valence-corrected chi connectivity index (χ0v) is 6.72. The minimum Gasteiger partial charge on any atom is -0.480 e. The second-order valence-electron chi connectivity index (χ2n) is 2.90. The largest absolute Gasteiger partial charge is 0.480 e. The van der Waals surface area contributed by atoms with Gasteiger partial charge in [0.25, 0.3) is 0 Å². The average Bonchev–Trinajstić information content (AvgIpc) is 1.86. The summed E-state index contributed by atoms with van der Waals surface area (Å²) in [4.78, 5) is 10.5. The van der Waals surface area contributed by atoms with Gasteiger partial charge in [-0.25, -0.2) is 0 Å². The van der Waals surface area contributed by atoms with Crippen molar-refractivity contribution in [3.8, 4) is 0 Å². The topological polar surface area (TPSA) is 63.3 Å². The van der Waals surface area contributed by atoms with Crippen LogP contribution >= 0.6 is 0 Å². The SMILES string of the molecule is CCC(C)[C@](C)(N)C(=O)O. The highest BCUT2D eigenvalue weighted by atomic mass is 16.4. The van der Waals surface area contributed by atoms with E-state index in [-0.39, 0.29) is 5.92 Å². The summed E-state index contributed by atoms with van der Waals surface area (Å²) in [6.45, 7) is 5.32. The third-order valence-electron chi connectivity index (χ3n) is 2.10. The number of aliphatic carboxylic acids is 1. The molecule has 1 unspecified atom stereocenters. The van der Waals surface area contributed by atoms with E-state index in [1.807, 2.05) is 13.8 Å². The highest BCUT2D eigenvalue weighted by molar-refractivity contribution is 5.78. The van der Waals surface area contributed by atoms with Gasteiger partial charge in [-0.3, -0.25) is 4.79 Å². The molecule has 0 bridgehead atoms. The quantitative estimate of drug-likeness (QED) is 0.618. The van der Waals surface area contributed by atoms with Gasteiger partial charge >= 0.3 is 5.97 Å². The minimum absolute atomic E-state index is 0.0185. The lowest BCUT2D eigenvalue weighted by Crippen LogP contribution is -2.50. The molecular formula is C7H15NO2. The van der Waals surface area contributed by atoms with E-state index >= 15 is 0 Å². The van der Waals surface area contributed by atoms with Crippen LogP contribution in [0.3, 0.4) is 0 Å². The monoisotopic (exact) mass is 145 g/mol. The molecule has 60 valence electrons. The average molecular weight is 145 g/mol. The summed E-state index contributed by atoms with van der Waals surface area (Å²) in [5.41, 5.74) is 4.44. The predicted molar refractivity (Wildman–Crippen MR) is 39.7 cm³/mol. The van der Waals surface area contributed by atoms with Gasteiger partial charge in [0.2, 0.25) is 0 Å². The maximum absolute atomic E-state index is 10.5. The van der Waals surface area contributed by atoms with Crippen molar-refractivity contribution in [1.29, 1.82) is 0 Å². The van der Waals surface area contributed by atoms with Crippen LogP contribution in [0.5, 0.6) is 0 Å². The first-order chi connectivity index (χ1) is 4.42. The number of hydrogen-bond acceptors (Lipinski definition) is 2. The molecule has 0 saturated heterocycles. The van der Waals surface area contributed by atoms with E-state index in [0.29, 0.717) is 0 Å². The van der Waals surface area contributed by atoms with Crippen molar-refractivity contribution in [2.24, 2.45) is 11.7 Å². The van der Waals surface area contributed by atoms with Crippen molar-refractivity contribution < 1.29 is 9.90 Å². The first-order valence-electron chi connectivity index (χ1n) is 3.45. The lowest BCUT2D eigenvalue weighted by Gasteiger charge is -2.25. The van der Waals surface area contributed by atoms with E-state index in [9.17, 15) is 4.79 Å². The molecule has 0 aliphatic heterocycles. The van der Waals surface area contributed by atoms with Gasteiger partial charge in [-0.1, -0.05) is 20.3 Å². The molecule has 3 nitrogen and oxygen atoms in total. The molecule has 0 radical (unpaired) electrons. The fourth-order valence-electron chi connectivity index (χ4n) is 0.635. The molecule has 0 aliphatic rings. The summed E-state index contributed by atoms with van der Waals surface area (Å²) in [7, 11) is 0. The first kappa shape index (κ1) is 9.43. The van der Waals surface area contributed by atoms with Gasteiger partial charge in [0.05, 0.1) is 0 Å². The van der Waals surface area contributed by atoms with Crippen molar-refractivity contribution >= 4 is 5.97 Å². The van der Waals surface area contributed by atoms with Crippen LogP contribution in [0.25, 0.3) is 0 Å². The van der Waals surface area contributed by atoms with Gasteiger partial charge in [-0.15, -0.1) is 0 Å². The standard InChI is InChI=1S/C7H15NO2/c1-4-5(2)7(3,8)6(9)10/h5H,4,8H2,1-3H3,(H,9,10)/t5?,7-/m0/s1. The third-order valence-corrected chi connectivity index (χ3v) is 2.10. The molecule has 2 atom stereocenters. The van der Waals surface area contributed by atoms with Crippen LogP contribution in [0.1, 0.15) is 27.2 Å². The van der Waals surface area contributed by atoms with Crippen molar-refractivity contribution in [2.45, 2.75) is 32.7 Å². The molecule has 10 heavy (non-hydrogen) atoms. The highest BCUT2D eigenvalue weighted by Crippen LogP contribution is 2.16. The van der Waals surface area contributed by atoms with Crippen LogP contribution in [0.2, 0.25) is 0 Å². The Balaban J connectivity index is 4.23. The summed E-state index contributed by atoms with van der Waals surface area (Å²) in [5.74, 6) is -0.910. The molecule has 0 fully saturated rings. The van der Waals surface area contributed by atoms with Crippen LogP contribution in [0.15, 0.2) is 0 Å².